The van der Waals surface area contributed by atoms with Crippen LogP contribution in [0.5, 0.6) is 0 Å². The van der Waals surface area contributed by atoms with Crippen LogP contribution in [-0.2, 0) is 0 Å². The lowest BCUT2D eigenvalue weighted by Crippen LogP contribution is -2.33. The zero-order chi connectivity index (χ0) is 10.7. The van der Waals surface area contributed by atoms with Gasteiger partial charge in [-0.25, -0.2) is 4.98 Å². The monoisotopic (exact) mass is 270 g/mol. The standard InChI is InChI=1S/C11H15BrN2O/c12-9-3-4-10(13-7-9)14-8-11(15)5-1-2-6-11/h3-4,7,15H,1-2,5-6,8H2,(H,13,14). The second-order valence-electron chi connectivity index (χ2n) is 4.15. The number of hydrogen-bond donors (Lipinski definition) is 2. The molecule has 2 rings (SSSR count). The van der Waals surface area contributed by atoms with Crippen LogP contribution < -0.4 is 5.32 Å². The number of aromatic nitrogens is 1. The minimum Gasteiger partial charge on any atom is -0.388 e. The maximum atomic E-state index is 10.1. The highest BCUT2D eigenvalue weighted by Gasteiger charge is 2.30. The Morgan fingerprint density at radius 1 is 1.40 bits per heavy atom. The fourth-order valence-corrected chi connectivity index (χ4v) is 2.18. The quantitative estimate of drug-likeness (QED) is 0.888. The highest BCUT2D eigenvalue weighted by atomic mass is 79.9. The van der Waals surface area contributed by atoms with Crippen molar-refractivity contribution >= 4 is 21.7 Å². The molecule has 0 radical (unpaired) electrons. The summed E-state index contributed by atoms with van der Waals surface area (Å²) in [6.07, 6.45) is 5.81. The van der Waals surface area contributed by atoms with E-state index in [0.717, 1.165) is 36.0 Å². The minimum atomic E-state index is -0.519. The van der Waals surface area contributed by atoms with Crippen molar-refractivity contribution in [2.75, 3.05) is 11.9 Å². The fourth-order valence-electron chi connectivity index (χ4n) is 1.95. The molecule has 1 heterocycles. The predicted octanol–water partition coefficient (Wildman–Crippen LogP) is 2.56. The molecule has 1 aliphatic carbocycles. The zero-order valence-electron chi connectivity index (χ0n) is 8.54. The van der Waals surface area contributed by atoms with Gasteiger partial charge in [-0.15, -0.1) is 0 Å². The summed E-state index contributed by atoms with van der Waals surface area (Å²) in [6, 6.07) is 3.84. The van der Waals surface area contributed by atoms with Gasteiger partial charge in [-0.2, -0.15) is 0 Å². The maximum absolute atomic E-state index is 10.1. The van der Waals surface area contributed by atoms with Crippen LogP contribution in [0.3, 0.4) is 0 Å². The molecule has 0 unspecified atom stereocenters. The van der Waals surface area contributed by atoms with Crippen LogP contribution in [0.1, 0.15) is 25.7 Å². The van der Waals surface area contributed by atoms with Crippen molar-refractivity contribution in [3.63, 3.8) is 0 Å². The van der Waals surface area contributed by atoms with Crippen molar-refractivity contribution < 1.29 is 5.11 Å². The van der Waals surface area contributed by atoms with Crippen molar-refractivity contribution in [1.29, 1.82) is 0 Å². The Morgan fingerprint density at radius 3 is 2.73 bits per heavy atom. The van der Waals surface area contributed by atoms with Crippen LogP contribution in [0.2, 0.25) is 0 Å². The third-order valence-corrected chi connectivity index (χ3v) is 3.33. The molecule has 0 bridgehead atoms. The molecule has 0 atom stereocenters. The van der Waals surface area contributed by atoms with Crippen molar-refractivity contribution in [3.05, 3.63) is 22.8 Å². The largest absolute Gasteiger partial charge is 0.388 e. The lowest BCUT2D eigenvalue weighted by atomic mass is 10.0. The summed E-state index contributed by atoms with van der Waals surface area (Å²) < 4.78 is 0.965. The summed E-state index contributed by atoms with van der Waals surface area (Å²) in [5, 5.41) is 13.3. The Labute approximate surface area is 98.0 Å². The minimum absolute atomic E-state index is 0.519. The molecular formula is C11H15BrN2O. The number of halogens is 1. The topological polar surface area (TPSA) is 45.1 Å². The van der Waals surface area contributed by atoms with Crippen LogP contribution in [0.15, 0.2) is 22.8 Å². The van der Waals surface area contributed by atoms with E-state index in [1.807, 2.05) is 12.1 Å². The molecule has 1 aliphatic rings. The zero-order valence-corrected chi connectivity index (χ0v) is 10.1. The van der Waals surface area contributed by atoms with Gasteiger partial charge in [0.25, 0.3) is 0 Å². The van der Waals surface area contributed by atoms with Crippen LogP contribution in [0, 0.1) is 0 Å². The number of hydrogen-bond acceptors (Lipinski definition) is 3. The molecule has 1 aromatic heterocycles. The molecule has 2 N–H and O–H groups in total. The Morgan fingerprint density at radius 2 is 2.13 bits per heavy atom. The molecule has 0 amide bonds. The summed E-state index contributed by atoms with van der Waals surface area (Å²) in [4.78, 5) is 4.20. The highest BCUT2D eigenvalue weighted by molar-refractivity contribution is 9.10. The van der Waals surface area contributed by atoms with Gasteiger partial charge in [-0.05, 0) is 40.9 Å². The first kappa shape index (κ1) is 10.9. The second-order valence-corrected chi connectivity index (χ2v) is 5.06. The molecule has 0 saturated heterocycles. The Bertz CT molecular complexity index is 320. The molecule has 0 aliphatic heterocycles. The lowest BCUT2D eigenvalue weighted by molar-refractivity contribution is 0.0614. The van der Waals surface area contributed by atoms with Crippen LogP contribution in [-0.4, -0.2) is 22.2 Å². The first-order valence-electron chi connectivity index (χ1n) is 5.26. The van der Waals surface area contributed by atoms with E-state index in [1.54, 1.807) is 6.20 Å². The molecular weight excluding hydrogens is 256 g/mol. The average Bonchev–Trinajstić information content (AvgIpc) is 2.65. The summed E-state index contributed by atoms with van der Waals surface area (Å²) in [7, 11) is 0. The average molecular weight is 271 g/mol. The second kappa shape index (κ2) is 4.49. The van der Waals surface area contributed by atoms with E-state index < -0.39 is 5.60 Å². The number of nitrogens with zero attached hydrogens (tertiary/aromatic N) is 1. The van der Waals surface area contributed by atoms with Crippen LogP contribution in [0.25, 0.3) is 0 Å². The smallest absolute Gasteiger partial charge is 0.126 e. The molecule has 4 heteroatoms. The normalized spacial score (nSPS) is 19.1. The molecule has 0 aromatic carbocycles. The van der Waals surface area contributed by atoms with Crippen molar-refractivity contribution in [3.8, 4) is 0 Å². The molecule has 0 spiro atoms. The van der Waals surface area contributed by atoms with Gasteiger partial charge < -0.3 is 10.4 Å². The summed E-state index contributed by atoms with van der Waals surface area (Å²) in [5.74, 6) is 0.818. The Kier molecular flexibility index (Phi) is 3.26. The van der Waals surface area contributed by atoms with E-state index in [4.69, 9.17) is 0 Å². The Hall–Kier alpha value is -0.610. The number of anilines is 1. The molecule has 3 nitrogen and oxygen atoms in total. The van der Waals surface area contributed by atoms with E-state index in [-0.39, 0.29) is 0 Å². The van der Waals surface area contributed by atoms with Crippen molar-refractivity contribution in [2.45, 2.75) is 31.3 Å². The number of aliphatic hydroxyl groups is 1. The fraction of sp³-hybridized carbons (Fsp3) is 0.545. The van der Waals surface area contributed by atoms with Gasteiger partial charge in [-0.3, -0.25) is 0 Å². The van der Waals surface area contributed by atoms with Gasteiger partial charge in [0.1, 0.15) is 5.82 Å². The van der Waals surface area contributed by atoms with Gasteiger partial charge in [0.15, 0.2) is 0 Å². The number of pyridine rings is 1. The predicted molar refractivity (Wildman–Crippen MR) is 63.8 cm³/mol. The van der Waals surface area contributed by atoms with E-state index in [1.165, 1.54) is 0 Å². The molecule has 1 saturated carbocycles. The van der Waals surface area contributed by atoms with E-state index in [9.17, 15) is 5.11 Å². The van der Waals surface area contributed by atoms with Crippen molar-refractivity contribution in [1.82, 2.24) is 4.98 Å². The van der Waals surface area contributed by atoms with Crippen LogP contribution >= 0.6 is 15.9 Å². The SMILES string of the molecule is OC1(CNc2ccc(Br)cn2)CCCC1. The molecule has 82 valence electrons. The van der Waals surface area contributed by atoms with E-state index >= 15 is 0 Å². The van der Waals surface area contributed by atoms with Gasteiger partial charge in [-0.1, -0.05) is 12.8 Å². The first-order valence-corrected chi connectivity index (χ1v) is 6.05. The van der Waals surface area contributed by atoms with Gasteiger partial charge >= 0.3 is 0 Å². The van der Waals surface area contributed by atoms with Gasteiger partial charge in [0, 0.05) is 17.2 Å². The molecule has 15 heavy (non-hydrogen) atoms. The summed E-state index contributed by atoms with van der Waals surface area (Å²) >= 11 is 3.33. The number of rotatable bonds is 3. The summed E-state index contributed by atoms with van der Waals surface area (Å²) in [5.41, 5.74) is -0.519. The molecule has 1 aromatic rings. The highest BCUT2D eigenvalue weighted by Crippen LogP contribution is 2.29. The van der Waals surface area contributed by atoms with Crippen LogP contribution in [0.4, 0.5) is 5.82 Å². The maximum Gasteiger partial charge on any atom is 0.126 e. The van der Waals surface area contributed by atoms with Gasteiger partial charge in [0.2, 0.25) is 0 Å². The van der Waals surface area contributed by atoms with Gasteiger partial charge in [0.05, 0.1) is 5.60 Å². The van der Waals surface area contributed by atoms with E-state index in [0.29, 0.717) is 6.54 Å². The van der Waals surface area contributed by atoms with Crippen molar-refractivity contribution in [2.24, 2.45) is 0 Å². The lowest BCUT2D eigenvalue weighted by Gasteiger charge is -2.22. The third-order valence-electron chi connectivity index (χ3n) is 2.86. The number of nitrogens with one attached hydrogen (secondary N) is 1. The Balaban J connectivity index is 1.90. The molecule has 1 fully saturated rings. The first-order chi connectivity index (χ1) is 7.18. The third kappa shape index (κ3) is 2.92. The van der Waals surface area contributed by atoms with E-state index in [2.05, 4.69) is 26.2 Å². The summed E-state index contributed by atoms with van der Waals surface area (Å²) in [6.45, 7) is 0.599.